The second-order valence-corrected chi connectivity index (χ2v) is 3.95. The molecule has 1 aliphatic rings. The van der Waals surface area contributed by atoms with Gasteiger partial charge >= 0.3 is 0 Å². The van der Waals surface area contributed by atoms with Crippen LogP contribution in [0, 0.1) is 0 Å². The van der Waals surface area contributed by atoms with Crippen LogP contribution in [0.2, 0.25) is 0 Å². The van der Waals surface area contributed by atoms with Crippen molar-refractivity contribution < 1.29 is 14.3 Å². The molecular weight excluding hydrogens is 208 g/mol. The minimum absolute atomic E-state index is 0.0349. The molecule has 1 atom stereocenters. The summed E-state index contributed by atoms with van der Waals surface area (Å²) in [5.74, 6) is 0.0751. The number of rotatable bonds is 7. The molecule has 0 bridgehead atoms. The van der Waals surface area contributed by atoms with Gasteiger partial charge in [-0.05, 0) is 12.8 Å². The maximum absolute atomic E-state index is 11.5. The number of hydrogen-bond acceptors (Lipinski definition) is 4. The van der Waals surface area contributed by atoms with Crippen LogP contribution in [0.3, 0.4) is 0 Å². The van der Waals surface area contributed by atoms with E-state index in [0.29, 0.717) is 13.0 Å². The number of hydrogen-bond donors (Lipinski definition) is 2. The summed E-state index contributed by atoms with van der Waals surface area (Å²) >= 11 is 0. The van der Waals surface area contributed by atoms with Crippen LogP contribution in [0.4, 0.5) is 0 Å². The largest absolute Gasteiger partial charge is 0.385 e. The highest BCUT2D eigenvalue weighted by Crippen LogP contribution is 2.01. The summed E-state index contributed by atoms with van der Waals surface area (Å²) < 4.78 is 10.4. The normalized spacial score (nSPS) is 20.7. The highest BCUT2D eigenvalue weighted by molar-refractivity contribution is 5.76. The first-order valence-corrected chi connectivity index (χ1v) is 5.91. The summed E-state index contributed by atoms with van der Waals surface area (Å²) in [6, 6.07) is 0. The Morgan fingerprint density at radius 1 is 1.56 bits per heavy atom. The predicted molar refractivity (Wildman–Crippen MR) is 61.3 cm³/mol. The van der Waals surface area contributed by atoms with Gasteiger partial charge in [0.05, 0.1) is 19.1 Å². The molecule has 0 radical (unpaired) electrons. The van der Waals surface area contributed by atoms with Crippen molar-refractivity contribution in [2.75, 3.05) is 40.0 Å². The third-order valence-corrected chi connectivity index (χ3v) is 2.51. The first kappa shape index (κ1) is 13.4. The monoisotopic (exact) mass is 230 g/mol. The molecule has 1 fully saturated rings. The van der Waals surface area contributed by atoms with Crippen molar-refractivity contribution in [3.63, 3.8) is 0 Å². The third kappa shape index (κ3) is 6.05. The van der Waals surface area contributed by atoms with E-state index >= 15 is 0 Å². The minimum atomic E-state index is 0.0349. The minimum Gasteiger partial charge on any atom is -0.385 e. The Balaban J connectivity index is 1.97. The number of carbonyl (C=O) groups excluding carboxylic acids is 1. The Morgan fingerprint density at radius 2 is 2.44 bits per heavy atom. The summed E-state index contributed by atoms with van der Waals surface area (Å²) in [6.45, 7) is 3.84. The Bertz CT molecular complexity index is 194. The molecule has 0 saturated carbocycles. The van der Waals surface area contributed by atoms with Crippen LogP contribution in [-0.4, -0.2) is 52.0 Å². The van der Waals surface area contributed by atoms with Crippen LogP contribution in [0.25, 0.3) is 0 Å². The summed E-state index contributed by atoms with van der Waals surface area (Å²) in [5.41, 5.74) is 0. The van der Waals surface area contributed by atoms with Gasteiger partial charge in [0.1, 0.15) is 0 Å². The fourth-order valence-corrected chi connectivity index (χ4v) is 1.63. The van der Waals surface area contributed by atoms with Crippen LogP contribution in [0.5, 0.6) is 0 Å². The van der Waals surface area contributed by atoms with E-state index in [-0.39, 0.29) is 12.0 Å². The van der Waals surface area contributed by atoms with Crippen LogP contribution in [0.15, 0.2) is 0 Å². The van der Waals surface area contributed by atoms with Gasteiger partial charge in [0.2, 0.25) is 5.91 Å². The smallest absolute Gasteiger partial charge is 0.222 e. The van der Waals surface area contributed by atoms with Crippen molar-refractivity contribution in [2.24, 2.45) is 0 Å². The van der Waals surface area contributed by atoms with Crippen molar-refractivity contribution in [3.8, 4) is 0 Å². The Kier molecular flexibility index (Phi) is 7.12. The number of nitrogens with one attached hydrogen (secondary N) is 2. The number of morpholine rings is 1. The molecule has 0 aromatic carbocycles. The first-order chi connectivity index (χ1) is 7.83. The van der Waals surface area contributed by atoms with Gasteiger partial charge < -0.3 is 20.1 Å². The SMILES string of the molecule is COCCCCNC(=O)CC1CNCCO1. The average molecular weight is 230 g/mol. The molecule has 2 N–H and O–H groups in total. The fraction of sp³-hybridized carbons (Fsp3) is 0.909. The van der Waals surface area contributed by atoms with Gasteiger partial charge in [-0.15, -0.1) is 0 Å². The zero-order valence-corrected chi connectivity index (χ0v) is 9.96. The second-order valence-electron chi connectivity index (χ2n) is 3.95. The molecule has 0 aromatic rings. The van der Waals surface area contributed by atoms with E-state index in [1.807, 2.05) is 0 Å². The van der Waals surface area contributed by atoms with Gasteiger partial charge in [-0.1, -0.05) is 0 Å². The molecule has 0 spiro atoms. The lowest BCUT2D eigenvalue weighted by molar-refractivity contribution is -0.124. The highest BCUT2D eigenvalue weighted by atomic mass is 16.5. The molecule has 1 heterocycles. The lowest BCUT2D eigenvalue weighted by Gasteiger charge is -2.23. The standard InChI is InChI=1S/C11H22N2O3/c1-15-6-3-2-4-13-11(14)8-10-9-12-5-7-16-10/h10,12H,2-9H2,1H3,(H,13,14). The Morgan fingerprint density at radius 3 is 3.12 bits per heavy atom. The van der Waals surface area contributed by atoms with Gasteiger partial charge in [-0.2, -0.15) is 0 Å². The molecule has 16 heavy (non-hydrogen) atoms. The first-order valence-electron chi connectivity index (χ1n) is 5.91. The Labute approximate surface area is 96.9 Å². The van der Waals surface area contributed by atoms with Crippen LogP contribution >= 0.6 is 0 Å². The Hall–Kier alpha value is -0.650. The van der Waals surface area contributed by atoms with Gasteiger partial charge in [0, 0.05) is 33.4 Å². The van der Waals surface area contributed by atoms with Gasteiger partial charge in [-0.3, -0.25) is 4.79 Å². The maximum atomic E-state index is 11.5. The number of amides is 1. The number of ether oxygens (including phenoxy) is 2. The van der Waals surface area contributed by atoms with Crippen LogP contribution in [-0.2, 0) is 14.3 Å². The molecule has 5 heteroatoms. The lowest BCUT2D eigenvalue weighted by Crippen LogP contribution is -2.41. The topological polar surface area (TPSA) is 59.6 Å². The molecule has 1 unspecified atom stereocenters. The van der Waals surface area contributed by atoms with Gasteiger partial charge in [-0.25, -0.2) is 0 Å². The van der Waals surface area contributed by atoms with Gasteiger partial charge in [0.15, 0.2) is 0 Å². The van der Waals surface area contributed by atoms with E-state index in [2.05, 4.69) is 10.6 Å². The van der Waals surface area contributed by atoms with Crippen molar-refractivity contribution >= 4 is 5.91 Å². The third-order valence-electron chi connectivity index (χ3n) is 2.51. The molecule has 0 aliphatic carbocycles. The van der Waals surface area contributed by atoms with Gasteiger partial charge in [0.25, 0.3) is 0 Å². The van der Waals surface area contributed by atoms with E-state index in [1.54, 1.807) is 7.11 Å². The van der Waals surface area contributed by atoms with Crippen molar-refractivity contribution in [1.29, 1.82) is 0 Å². The zero-order chi connectivity index (χ0) is 11.6. The van der Waals surface area contributed by atoms with Crippen molar-refractivity contribution in [1.82, 2.24) is 10.6 Å². The second kappa shape index (κ2) is 8.50. The zero-order valence-electron chi connectivity index (χ0n) is 9.96. The van der Waals surface area contributed by atoms with E-state index in [4.69, 9.17) is 9.47 Å². The summed E-state index contributed by atoms with van der Waals surface area (Å²) in [5, 5.41) is 6.09. The molecule has 1 saturated heterocycles. The van der Waals surface area contributed by atoms with Crippen molar-refractivity contribution in [3.05, 3.63) is 0 Å². The number of carbonyl (C=O) groups is 1. The van der Waals surface area contributed by atoms with Crippen molar-refractivity contribution in [2.45, 2.75) is 25.4 Å². The molecular formula is C11H22N2O3. The quantitative estimate of drug-likeness (QED) is 0.600. The number of methoxy groups -OCH3 is 1. The van der Waals surface area contributed by atoms with E-state index in [9.17, 15) is 4.79 Å². The predicted octanol–water partition coefficient (Wildman–Crippen LogP) is -0.0923. The van der Waals surface area contributed by atoms with Crippen LogP contribution < -0.4 is 10.6 Å². The average Bonchev–Trinajstić information content (AvgIpc) is 2.30. The lowest BCUT2D eigenvalue weighted by atomic mass is 10.2. The maximum Gasteiger partial charge on any atom is 0.222 e. The molecule has 1 rings (SSSR count). The summed E-state index contributed by atoms with van der Waals surface area (Å²) in [6.07, 6.45) is 2.44. The van der Waals surface area contributed by atoms with E-state index < -0.39 is 0 Å². The van der Waals surface area contributed by atoms with Crippen LogP contribution in [0.1, 0.15) is 19.3 Å². The number of unbranched alkanes of at least 4 members (excludes halogenated alkanes) is 1. The van der Waals surface area contributed by atoms with E-state index in [1.165, 1.54) is 0 Å². The van der Waals surface area contributed by atoms with E-state index in [0.717, 1.165) is 39.1 Å². The molecule has 1 aliphatic heterocycles. The highest BCUT2D eigenvalue weighted by Gasteiger charge is 2.16. The molecule has 5 nitrogen and oxygen atoms in total. The molecule has 1 amide bonds. The fourth-order valence-electron chi connectivity index (χ4n) is 1.63. The molecule has 94 valence electrons. The summed E-state index contributed by atoms with van der Waals surface area (Å²) in [4.78, 5) is 11.5. The molecule has 0 aromatic heterocycles. The summed E-state index contributed by atoms with van der Waals surface area (Å²) in [7, 11) is 1.69.